The Morgan fingerprint density at radius 2 is 1.80 bits per heavy atom. The fraction of sp³-hybridized carbons (Fsp3) is 0.300. The molecule has 0 spiro atoms. The Hall–Kier alpha value is -2.66. The predicted molar refractivity (Wildman–Crippen MR) is 98.0 cm³/mol. The van der Waals surface area contributed by atoms with Crippen LogP contribution in [0.25, 0.3) is 11.0 Å². The standard InChI is InChI=1S/C20H22N2O3/c1-12(2)22-16-9-8-15(11-17(16)21(4)20(22)25)19(24)18(23)14-7-5-6-13(3)10-14/h5-12,18,23H,1-4H3. The number of ketones is 1. The quantitative estimate of drug-likeness (QED) is 0.743. The van der Waals surface area contributed by atoms with Crippen LogP contribution in [0.1, 0.15) is 47.5 Å². The molecular weight excluding hydrogens is 316 g/mol. The fourth-order valence-electron chi connectivity index (χ4n) is 3.17. The third-order valence-electron chi connectivity index (χ3n) is 4.50. The molecule has 3 aromatic rings. The highest BCUT2D eigenvalue weighted by Gasteiger charge is 2.21. The zero-order valence-corrected chi connectivity index (χ0v) is 14.9. The second-order valence-electron chi connectivity index (χ2n) is 6.69. The summed E-state index contributed by atoms with van der Waals surface area (Å²) in [6, 6.07) is 12.4. The average molecular weight is 338 g/mol. The smallest absolute Gasteiger partial charge is 0.329 e. The van der Waals surface area contributed by atoms with Crippen molar-refractivity contribution in [2.24, 2.45) is 7.05 Å². The molecule has 2 aromatic carbocycles. The number of aryl methyl sites for hydroxylation is 2. The minimum absolute atomic E-state index is 0.0237. The van der Waals surface area contributed by atoms with Crippen LogP contribution >= 0.6 is 0 Å². The van der Waals surface area contributed by atoms with Crippen molar-refractivity contribution in [2.75, 3.05) is 0 Å². The molecule has 0 saturated heterocycles. The van der Waals surface area contributed by atoms with Crippen LogP contribution in [0.3, 0.4) is 0 Å². The van der Waals surface area contributed by atoms with E-state index >= 15 is 0 Å². The van der Waals surface area contributed by atoms with Crippen molar-refractivity contribution < 1.29 is 9.90 Å². The number of carbonyl (C=O) groups is 1. The minimum atomic E-state index is -1.22. The van der Waals surface area contributed by atoms with E-state index in [1.54, 1.807) is 41.9 Å². The molecule has 5 nitrogen and oxygen atoms in total. The van der Waals surface area contributed by atoms with E-state index in [4.69, 9.17) is 0 Å². The van der Waals surface area contributed by atoms with Gasteiger partial charge in [-0.3, -0.25) is 13.9 Å². The molecule has 0 saturated carbocycles. The Kier molecular flexibility index (Phi) is 4.35. The number of hydrogen-bond acceptors (Lipinski definition) is 3. The Morgan fingerprint density at radius 3 is 2.44 bits per heavy atom. The molecule has 130 valence electrons. The molecule has 0 aliphatic heterocycles. The van der Waals surface area contributed by atoms with E-state index in [1.807, 2.05) is 32.9 Å². The predicted octanol–water partition coefficient (Wildman–Crippen LogP) is 3.15. The van der Waals surface area contributed by atoms with Gasteiger partial charge in [0, 0.05) is 18.7 Å². The topological polar surface area (TPSA) is 64.2 Å². The van der Waals surface area contributed by atoms with Crippen LogP contribution in [0.2, 0.25) is 0 Å². The van der Waals surface area contributed by atoms with Crippen molar-refractivity contribution in [3.8, 4) is 0 Å². The molecule has 0 bridgehead atoms. The minimum Gasteiger partial charge on any atom is -0.380 e. The summed E-state index contributed by atoms with van der Waals surface area (Å²) in [5.74, 6) is -0.378. The number of nitrogens with zero attached hydrogens (tertiary/aromatic N) is 2. The van der Waals surface area contributed by atoms with Crippen LogP contribution in [-0.2, 0) is 7.05 Å². The zero-order valence-electron chi connectivity index (χ0n) is 14.9. The van der Waals surface area contributed by atoms with Crippen molar-refractivity contribution in [1.82, 2.24) is 9.13 Å². The first-order chi connectivity index (χ1) is 11.8. The van der Waals surface area contributed by atoms with Crippen molar-refractivity contribution in [1.29, 1.82) is 0 Å². The van der Waals surface area contributed by atoms with Gasteiger partial charge in [0.1, 0.15) is 6.10 Å². The number of benzene rings is 2. The molecular formula is C20H22N2O3. The molecule has 1 heterocycles. The van der Waals surface area contributed by atoms with E-state index in [0.717, 1.165) is 11.1 Å². The monoisotopic (exact) mass is 338 g/mol. The van der Waals surface area contributed by atoms with Gasteiger partial charge in [-0.15, -0.1) is 0 Å². The number of fused-ring (bicyclic) bond motifs is 1. The molecule has 0 amide bonds. The van der Waals surface area contributed by atoms with Crippen LogP contribution in [0.15, 0.2) is 47.3 Å². The SMILES string of the molecule is Cc1cccc(C(O)C(=O)c2ccc3c(c2)n(C)c(=O)n3C(C)C)c1. The lowest BCUT2D eigenvalue weighted by atomic mass is 9.98. The summed E-state index contributed by atoms with van der Waals surface area (Å²) in [5.41, 5.74) is 3.28. The highest BCUT2D eigenvalue weighted by Crippen LogP contribution is 2.23. The summed E-state index contributed by atoms with van der Waals surface area (Å²) >= 11 is 0. The first-order valence-corrected chi connectivity index (χ1v) is 8.31. The summed E-state index contributed by atoms with van der Waals surface area (Å²) in [5, 5.41) is 10.4. The lowest BCUT2D eigenvalue weighted by molar-refractivity contribution is 0.0747. The molecule has 1 aromatic heterocycles. The first-order valence-electron chi connectivity index (χ1n) is 8.31. The number of aromatic nitrogens is 2. The second-order valence-corrected chi connectivity index (χ2v) is 6.69. The number of imidazole rings is 1. The summed E-state index contributed by atoms with van der Waals surface area (Å²) in [6.07, 6.45) is -1.22. The van der Waals surface area contributed by atoms with Gasteiger partial charge in [-0.1, -0.05) is 29.8 Å². The Bertz CT molecular complexity index is 1010. The molecule has 1 atom stereocenters. The summed E-state index contributed by atoms with van der Waals surface area (Å²) < 4.78 is 3.23. The molecule has 3 rings (SSSR count). The molecule has 5 heteroatoms. The van der Waals surface area contributed by atoms with Gasteiger partial charge >= 0.3 is 5.69 Å². The van der Waals surface area contributed by atoms with Gasteiger partial charge in [0.15, 0.2) is 5.78 Å². The van der Waals surface area contributed by atoms with Gasteiger partial charge < -0.3 is 5.11 Å². The lowest BCUT2D eigenvalue weighted by Gasteiger charge is -2.11. The van der Waals surface area contributed by atoms with Crippen LogP contribution < -0.4 is 5.69 Å². The van der Waals surface area contributed by atoms with E-state index in [1.165, 1.54) is 4.57 Å². The van der Waals surface area contributed by atoms with Crippen molar-refractivity contribution in [3.63, 3.8) is 0 Å². The van der Waals surface area contributed by atoms with E-state index in [9.17, 15) is 14.7 Å². The Morgan fingerprint density at radius 1 is 1.08 bits per heavy atom. The van der Waals surface area contributed by atoms with Gasteiger partial charge in [-0.25, -0.2) is 4.79 Å². The van der Waals surface area contributed by atoms with Crippen molar-refractivity contribution in [3.05, 3.63) is 69.6 Å². The number of carbonyl (C=O) groups excluding carboxylic acids is 1. The molecule has 1 unspecified atom stereocenters. The third-order valence-corrected chi connectivity index (χ3v) is 4.50. The second kappa shape index (κ2) is 6.33. The van der Waals surface area contributed by atoms with Crippen LogP contribution in [0.5, 0.6) is 0 Å². The maximum atomic E-state index is 12.7. The van der Waals surface area contributed by atoms with Crippen molar-refractivity contribution in [2.45, 2.75) is 32.9 Å². The number of aliphatic hydroxyl groups excluding tert-OH is 1. The summed E-state index contributed by atoms with van der Waals surface area (Å²) in [4.78, 5) is 25.1. The van der Waals surface area contributed by atoms with Gasteiger partial charge in [0.05, 0.1) is 11.0 Å². The number of Topliss-reactive ketones (excluding diaryl/α,β-unsaturated/α-hetero) is 1. The maximum absolute atomic E-state index is 12.7. The van der Waals surface area contributed by atoms with Crippen LogP contribution in [0, 0.1) is 6.92 Å². The molecule has 0 radical (unpaired) electrons. The van der Waals surface area contributed by atoms with Gasteiger partial charge in [-0.2, -0.15) is 0 Å². The number of hydrogen-bond donors (Lipinski definition) is 1. The van der Waals surface area contributed by atoms with E-state index in [2.05, 4.69) is 0 Å². The number of aliphatic hydroxyl groups is 1. The average Bonchev–Trinajstić information content (AvgIpc) is 2.84. The van der Waals surface area contributed by atoms with Gasteiger partial charge in [0.2, 0.25) is 0 Å². The molecule has 0 fully saturated rings. The fourth-order valence-corrected chi connectivity index (χ4v) is 3.17. The van der Waals surface area contributed by atoms with Crippen molar-refractivity contribution >= 4 is 16.8 Å². The highest BCUT2D eigenvalue weighted by atomic mass is 16.3. The largest absolute Gasteiger partial charge is 0.380 e. The summed E-state index contributed by atoms with van der Waals surface area (Å²) in [7, 11) is 1.69. The molecule has 0 aliphatic carbocycles. The highest BCUT2D eigenvalue weighted by molar-refractivity contribution is 6.02. The van der Waals surface area contributed by atoms with Gasteiger partial charge in [-0.05, 0) is 44.5 Å². The lowest BCUT2D eigenvalue weighted by Crippen LogP contribution is -2.23. The normalized spacial score (nSPS) is 12.7. The van der Waals surface area contributed by atoms with E-state index in [-0.39, 0.29) is 17.5 Å². The first kappa shape index (κ1) is 17.2. The van der Waals surface area contributed by atoms with Crippen LogP contribution in [-0.4, -0.2) is 20.0 Å². The molecule has 0 aliphatic rings. The van der Waals surface area contributed by atoms with Crippen LogP contribution in [0.4, 0.5) is 0 Å². The number of rotatable bonds is 4. The maximum Gasteiger partial charge on any atom is 0.329 e. The van der Waals surface area contributed by atoms with E-state index < -0.39 is 6.10 Å². The molecule has 25 heavy (non-hydrogen) atoms. The summed E-state index contributed by atoms with van der Waals surface area (Å²) in [6.45, 7) is 5.81. The zero-order chi connectivity index (χ0) is 18.3. The Labute approximate surface area is 146 Å². The third kappa shape index (κ3) is 2.91. The van der Waals surface area contributed by atoms with E-state index in [0.29, 0.717) is 16.6 Å². The molecule has 1 N–H and O–H groups in total. The van der Waals surface area contributed by atoms with Gasteiger partial charge in [0.25, 0.3) is 0 Å². The Balaban J connectivity index is 2.06.